The number of piperazine rings is 2. The molecule has 1 atom stereocenters. The fourth-order valence-electron chi connectivity index (χ4n) is 5.29. The molecule has 2 amide bonds. The maximum absolute atomic E-state index is 14.4. The summed E-state index contributed by atoms with van der Waals surface area (Å²) in [6, 6.07) is 10.2. The average molecular weight is 498 g/mol. The number of rotatable bonds is 5. The second kappa shape index (κ2) is 10.8. The van der Waals surface area contributed by atoms with Crippen LogP contribution in [0.3, 0.4) is 0 Å². The molecule has 3 heterocycles. The van der Waals surface area contributed by atoms with Crippen molar-refractivity contribution in [3.63, 3.8) is 0 Å². The molecule has 0 unspecified atom stereocenters. The summed E-state index contributed by atoms with van der Waals surface area (Å²) in [5.41, 5.74) is 2.71. The molecular weight excluding hydrogens is 461 g/mol. The number of quaternary nitrogens is 2. The van der Waals surface area contributed by atoms with Gasteiger partial charge in [0.15, 0.2) is 6.10 Å². The Kier molecular flexibility index (Phi) is 7.38. The van der Waals surface area contributed by atoms with Crippen molar-refractivity contribution in [1.82, 2.24) is 9.80 Å². The average Bonchev–Trinajstić information content (AvgIpc) is 3.42. The Morgan fingerprint density at radius 2 is 1.56 bits per heavy atom. The van der Waals surface area contributed by atoms with Gasteiger partial charge in [-0.25, -0.2) is 4.39 Å². The number of hydrogen-bond donors (Lipinski definition) is 2. The Morgan fingerprint density at radius 1 is 0.861 bits per heavy atom. The van der Waals surface area contributed by atoms with Crippen LogP contribution in [0.2, 0.25) is 0 Å². The first kappa shape index (κ1) is 24.5. The minimum Gasteiger partial charge on any atom is -0.484 e. The van der Waals surface area contributed by atoms with E-state index in [2.05, 4.69) is 15.5 Å². The number of hydrogen-bond acceptors (Lipinski definition) is 4. The van der Waals surface area contributed by atoms with Crippen molar-refractivity contribution in [2.45, 2.75) is 19.4 Å². The number of nitrogens with zero attached hydrogens (tertiary/aromatic N) is 3. The van der Waals surface area contributed by atoms with Crippen molar-refractivity contribution in [1.29, 1.82) is 0 Å². The Balaban J connectivity index is 1.19. The van der Waals surface area contributed by atoms with Gasteiger partial charge in [0.25, 0.3) is 11.8 Å². The zero-order valence-corrected chi connectivity index (χ0v) is 20.9. The molecule has 4 N–H and O–H groups in total. The number of aryl methyl sites for hydroxylation is 1. The number of carbonyl (C=O) groups excluding carboxylic acids is 2. The first-order chi connectivity index (χ1) is 17.5. The van der Waals surface area contributed by atoms with Crippen LogP contribution in [0.5, 0.6) is 5.75 Å². The van der Waals surface area contributed by atoms with Crippen LogP contribution in [0.4, 0.5) is 10.1 Å². The van der Waals surface area contributed by atoms with Gasteiger partial charge >= 0.3 is 0 Å². The Morgan fingerprint density at radius 3 is 2.19 bits per heavy atom. The van der Waals surface area contributed by atoms with Crippen LogP contribution in [0.25, 0.3) is 0 Å². The van der Waals surface area contributed by atoms with Crippen molar-refractivity contribution in [2.75, 3.05) is 70.3 Å². The van der Waals surface area contributed by atoms with Crippen LogP contribution in [0.1, 0.15) is 32.7 Å². The van der Waals surface area contributed by atoms with Crippen LogP contribution in [-0.2, 0) is 0 Å². The number of benzene rings is 2. The second-order valence-electron chi connectivity index (χ2n) is 9.96. The van der Waals surface area contributed by atoms with Crippen LogP contribution >= 0.6 is 0 Å². The van der Waals surface area contributed by atoms with Crippen LogP contribution in [0, 0.1) is 12.7 Å². The van der Waals surface area contributed by atoms with E-state index in [1.54, 1.807) is 15.9 Å². The molecule has 3 fully saturated rings. The molecule has 3 aliphatic rings. The van der Waals surface area contributed by atoms with Crippen molar-refractivity contribution >= 4 is 17.5 Å². The SMILES string of the molecule is Cc1cc(C(=O)N2CCN(C(=O)c3cc(F)cc(N4CC[NH2+]CC4)c3)CC2)ccc1O[C@H]1CC[NH2+]C1. The van der Waals surface area contributed by atoms with Gasteiger partial charge in [-0.05, 0) is 48.9 Å². The van der Waals surface area contributed by atoms with E-state index in [-0.39, 0.29) is 17.9 Å². The number of nitrogens with two attached hydrogens (primary N) is 2. The van der Waals surface area contributed by atoms with Crippen molar-refractivity contribution in [2.24, 2.45) is 0 Å². The van der Waals surface area contributed by atoms with E-state index in [1.165, 1.54) is 12.1 Å². The van der Waals surface area contributed by atoms with E-state index in [0.717, 1.165) is 62.7 Å². The molecule has 2 aromatic carbocycles. The maximum Gasteiger partial charge on any atom is 0.254 e. The Bertz CT molecular complexity index is 1110. The van der Waals surface area contributed by atoms with Gasteiger partial charge < -0.3 is 30.1 Å². The quantitative estimate of drug-likeness (QED) is 0.601. The van der Waals surface area contributed by atoms with Gasteiger partial charge in [0.1, 0.15) is 18.1 Å². The summed E-state index contributed by atoms with van der Waals surface area (Å²) in [7, 11) is 0. The third-order valence-corrected chi connectivity index (χ3v) is 7.39. The van der Waals surface area contributed by atoms with Gasteiger partial charge in [0.05, 0.1) is 32.7 Å². The molecule has 8 nitrogen and oxygen atoms in total. The lowest BCUT2D eigenvalue weighted by atomic mass is 10.1. The molecule has 0 aromatic heterocycles. The molecule has 0 aliphatic carbocycles. The summed E-state index contributed by atoms with van der Waals surface area (Å²) in [4.78, 5) is 31.9. The minimum atomic E-state index is -0.395. The molecule has 0 spiro atoms. The zero-order chi connectivity index (χ0) is 25.1. The van der Waals surface area contributed by atoms with E-state index >= 15 is 0 Å². The molecule has 5 rings (SSSR count). The molecule has 0 saturated carbocycles. The van der Waals surface area contributed by atoms with Gasteiger partial charge in [-0.3, -0.25) is 9.59 Å². The molecule has 3 saturated heterocycles. The molecule has 0 radical (unpaired) electrons. The third-order valence-electron chi connectivity index (χ3n) is 7.39. The standard InChI is InChI=1S/C27H34FN5O3/c1-19-14-20(2-3-25(19)36-24-4-5-30-18-24)26(34)32-10-12-33(13-11-32)27(35)21-15-22(28)17-23(16-21)31-8-6-29-7-9-31/h2-3,14-17,24,29-30H,4-13,18H2,1H3/p+2/t24-/m0/s1. The molecule has 36 heavy (non-hydrogen) atoms. The zero-order valence-electron chi connectivity index (χ0n) is 20.9. The van der Waals surface area contributed by atoms with E-state index in [0.29, 0.717) is 37.3 Å². The fourth-order valence-corrected chi connectivity index (χ4v) is 5.29. The fraction of sp³-hybridized carbons (Fsp3) is 0.481. The summed E-state index contributed by atoms with van der Waals surface area (Å²) < 4.78 is 20.5. The Hall–Kier alpha value is -3.17. The monoisotopic (exact) mass is 497 g/mol. The molecule has 0 bridgehead atoms. The van der Waals surface area contributed by atoms with Crippen molar-refractivity contribution in [3.8, 4) is 5.75 Å². The summed E-state index contributed by atoms with van der Waals surface area (Å²) in [5, 5.41) is 4.49. The van der Waals surface area contributed by atoms with Crippen LogP contribution < -0.4 is 20.3 Å². The highest BCUT2D eigenvalue weighted by molar-refractivity contribution is 5.96. The highest BCUT2D eigenvalue weighted by Crippen LogP contribution is 2.24. The van der Waals surface area contributed by atoms with Gasteiger partial charge in [-0.15, -0.1) is 0 Å². The molecule has 9 heteroatoms. The summed E-state index contributed by atoms with van der Waals surface area (Å²) in [6.07, 6.45) is 1.26. The van der Waals surface area contributed by atoms with Crippen LogP contribution in [0.15, 0.2) is 36.4 Å². The predicted octanol–water partition coefficient (Wildman–Crippen LogP) is -0.170. The summed E-state index contributed by atoms with van der Waals surface area (Å²) in [6.45, 7) is 9.37. The van der Waals surface area contributed by atoms with E-state index in [4.69, 9.17) is 4.74 Å². The maximum atomic E-state index is 14.4. The number of carbonyl (C=O) groups is 2. The number of amides is 2. The first-order valence-electron chi connectivity index (χ1n) is 13.0. The van der Waals surface area contributed by atoms with Crippen LogP contribution in [-0.4, -0.2) is 93.2 Å². The van der Waals surface area contributed by atoms with Crippen molar-refractivity contribution < 1.29 is 29.3 Å². The summed E-state index contributed by atoms with van der Waals surface area (Å²) >= 11 is 0. The van der Waals surface area contributed by atoms with Gasteiger partial charge in [0.2, 0.25) is 0 Å². The lowest BCUT2D eigenvalue weighted by Gasteiger charge is -2.35. The topological polar surface area (TPSA) is 86.3 Å². The normalized spacial score (nSPS) is 20.5. The molecular formula is C27H36FN5O3+2. The highest BCUT2D eigenvalue weighted by Gasteiger charge is 2.27. The minimum absolute atomic E-state index is 0.0408. The summed E-state index contributed by atoms with van der Waals surface area (Å²) in [5.74, 6) is 0.210. The van der Waals surface area contributed by atoms with E-state index in [1.807, 2.05) is 25.1 Å². The van der Waals surface area contributed by atoms with Gasteiger partial charge in [-0.2, -0.15) is 0 Å². The number of ether oxygens (including phenoxy) is 1. The first-order valence-corrected chi connectivity index (χ1v) is 13.0. The number of halogens is 1. The lowest BCUT2D eigenvalue weighted by Crippen LogP contribution is -2.89. The lowest BCUT2D eigenvalue weighted by molar-refractivity contribution is -0.655. The largest absolute Gasteiger partial charge is 0.484 e. The Labute approximate surface area is 211 Å². The highest BCUT2D eigenvalue weighted by atomic mass is 19.1. The molecule has 192 valence electrons. The molecule has 2 aromatic rings. The van der Waals surface area contributed by atoms with Crippen molar-refractivity contribution in [3.05, 3.63) is 58.9 Å². The smallest absolute Gasteiger partial charge is 0.254 e. The molecule has 3 aliphatic heterocycles. The van der Waals surface area contributed by atoms with E-state index < -0.39 is 5.82 Å². The third kappa shape index (κ3) is 5.47. The van der Waals surface area contributed by atoms with E-state index in [9.17, 15) is 14.0 Å². The second-order valence-corrected chi connectivity index (χ2v) is 9.96. The van der Waals surface area contributed by atoms with Gasteiger partial charge in [-0.1, -0.05) is 0 Å². The predicted molar refractivity (Wildman–Crippen MR) is 134 cm³/mol. The number of anilines is 1. The van der Waals surface area contributed by atoms with Gasteiger partial charge in [0, 0.05) is 49.4 Å².